The fraction of sp³-hybridized carbons (Fsp3) is 0.346. The minimum atomic E-state index is -0.878. The smallest absolute Gasteiger partial charge is 0.274 e. The molecule has 1 aromatic heterocycles. The molecule has 1 atom stereocenters. The van der Waals surface area contributed by atoms with E-state index in [0.29, 0.717) is 22.8 Å². The third-order valence-corrected chi connectivity index (χ3v) is 5.34. The highest BCUT2D eigenvalue weighted by Crippen LogP contribution is 2.39. The number of methoxy groups -OCH3 is 3. The van der Waals surface area contributed by atoms with E-state index in [1.807, 2.05) is 13.8 Å². The Balaban J connectivity index is 1.57. The first-order chi connectivity index (χ1) is 18.3. The van der Waals surface area contributed by atoms with Gasteiger partial charge in [0.2, 0.25) is 5.75 Å². The molecule has 0 aliphatic carbocycles. The van der Waals surface area contributed by atoms with Gasteiger partial charge in [-0.1, -0.05) is 17.3 Å². The summed E-state index contributed by atoms with van der Waals surface area (Å²) in [5, 5.41) is 22.8. The van der Waals surface area contributed by atoms with E-state index in [1.54, 1.807) is 36.4 Å². The van der Waals surface area contributed by atoms with Gasteiger partial charge in [-0.25, -0.2) is 4.68 Å². The normalized spacial score (nSPS) is 11.3. The minimum Gasteiger partial charge on any atom is -0.493 e. The SMILES string of the molecule is COc1ccc(C(=O)NCCn2cc(C(=O)NC(C#N)c3ccc(OC(C)C)cc3)nn2)c(OC)c1OC. The molecule has 0 radical (unpaired) electrons. The molecule has 2 N–H and O–H groups in total. The summed E-state index contributed by atoms with van der Waals surface area (Å²) in [7, 11) is 4.38. The standard InChI is InChI=1S/C26H30N6O6/c1-16(2)38-18-8-6-17(7-9-18)20(14-27)29-26(34)21-15-32(31-30-21)13-12-28-25(33)19-10-11-22(35-3)24(37-5)23(19)36-4/h6-11,15-16,20H,12-13H2,1-5H3,(H,28,33)(H,29,34). The van der Waals surface area contributed by atoms with Crippen LogP contribution < -0.4 is 29.6 Å². The highest BCUT2D eigenvalue weighted by molar-refractivity contribution is 5.98. The summed E-state index contributed by atoms with van der Waals surface area (Å²) < 4.78 is 22.9. The molecule has 12 heteroatoms. The molecule has 3 rings (SSSR count). The van der Waals surface area contributed by atoms with E-state index in [2.05, 4.69) is 27.0 Å². The van der Waals surface area contributed by atoms with Gasteiger partial charge < -0.3 is 29.6 Å². The van der Waals surface area contributed by atoms with Crippen molar-refractivity contribution in [2.75, 3.05) is 27.9 Å². The van der Waals surface area contributed by atoms with E-state index >= 15 is 0 Å². The van der Waals surface area contributed by atoms with E-state index in [1.165, 1.54) is 32.2 Å². The lowest BCUT2D eigenvalue weighted by Gasteiger charge is -2.15. The van der Waals surface area contributed by atoms with Gasteiger partial charge >= 0.3 is 0 Å². The number of amides is 2. The molecule has 0 fully saturated rings. The lowest BCUT2D eigenvalue weighted by molar-refractivity contribution is 0.0934. The van der Waals surface area contributed by atoms with Crippen molar-refractivity contribution in [2.24, 2.45) is 0 Å². The van der Waals surface area contributed by atoms with E-state index in [9.17, 15) is 14.9 Å². The van der Waals surface area contributed by atoms with E-state index in [4.69, 9.17) is 18.9 Å². The average molecular weight is 523 g/mol. The first-order valence-corrected chi connectivity index (χ1v) is 11.8. The largest absolute Gasteiger partial charge is 0.493 e. The van der Waals surface area contributed by atoms with Crippen LogP contribution in [0.15, 0.2) is 42.6 Å². The van der Waals surface area contributed by atoms with Crippen LogP contribution in [0.3, 0.4) is 0 Å². The van der Waals surface area contributed by atoms with Gasteiger partial charge in [-0.2, -0.15) is 5.26 Å². The van der Waals surface area contributed by atoms with E-state index in [0.717, 1.165) is 0 Å². The molecule has 2 aromatic carbocycles. The summed E-state index contributed by atoms with van der Waals surface area (Å²) in [6, 6.07) is 11.3. The van der Waals surface area contributed by atoms with Crippen molar-refractivity contribution in [3.05, 3.63) is 59.4 Å². The van der Waals surface area contributed by atoms with Gasteiger partial charge in [0.15, 0.2) is 17.2 Å². The Morgan fingerprint density at radius 2 is 1.71 bits per heavy atom. The predicted octanol–water partition coefficient (Wildman–Crippen LogP) is 2.52. The summed E-state index contributed by atoms with van der Waals surface area (Å²) in [5.41, 5.74) is 0.922. The lowest BCUT2D eigenvalue weighted by Crippen LogP contribution is -2.28. The molecule has 0 saturated carbocycles. The number of hydrogen-bond donors (Lipinski definition) is 2. The predicted molar refractivity (Wildman–Crippen MR) is 136 cm³/mol. The maximum absolute atomic E-state index is 12.7. The second-order valence-electron chi connectivity index (χ2n) is 8.28. The van der Waals surface area contributed by atoms with Crippen LogP contribution >= 0.6 is 0 Å². The Kier molecular flexibility index (Phi) is 9.48. The highest BCUT2D eigenvalue weighted by Gasteiger charge is 2.21. The number of nitrogens with one attached hydrogen (secondary N) is 2. The van der Waals surface area contributed by atoms with E-state index < -0.39 is 11.9 Å². The number of nitrogens with zero attached hydrogens (tertiary/aromatic N) is 4. The van der Waals surface area contributed by atoms with Crippen LogP contribution in [0.1, 0.15) is 46.3 Å². The zero-order valence-electron chi connectivity index (χ0n) is 21.8. The van der Waals surface area contributed by atoms with Crippen LogP contribution in [-0.4, -0.2) is 60.8 Å². The fourth-order valence-corrected chi connectivity index (χ4v) is 3.58. The van der Waals surface area contributed by atoms with E-state index in [-0.39, 0.29) is 42.1 Å². The van der Waals surface area contributed by atoms with Gasteiger partial charge in [0.1, 0.15) is 11.8 Å². The Labute approximate surface area is 220 Å². The van der Waals surface area contributed by atoms with Crippen LogP contribution in [0.4, 0.5) is 0 Å². The molecule has 1 unspecified atom stereocenters. The average Bonchev–Trinajstić information content (AvgIpc) is 3.39. The van der Waals surface area contributed by atoms with Crippen molar-refractivity contribution in [3.8, 4) is 29.1 Å². The van der Waals surface area contributed by atoms with Crippen molar-refractivity contribution in [1.29, 1.82) is 5.26 Å². The number of carbonyl (C=O) groups is 2. The first-order valence-electron chi connectivity index (χ1n) is 11.8. The summed E-state index contributed by atoms with van der Waals surface area (Å²) in [4.78, 5) is 25.4. The zero-order valence-corrected chi connectivity index (χ0v) is 21.8. The second kappa shape index (κ2) is 13.0. The number of hydrogen-bond acceptors (Lipinski definition) is 9. The number of aromatic nitrogens is 3. The van der Waals surface area contributed by atoms with Gasteiger partial charge in [-0.15, -0.1) is 5.10 Å². The van der Waals surface area contributed by atoms with Crippen LogP contribution in [0.25, 0.3) is 0 Å². The Morgan fingerprint density at radius 3 is 2.32 bits per heavy atom. The third-order valence-electron chi connectivity index (χ3n) is 5.34. The molecule has 3 aromatic rings. The molecule has 0 aliphatic rings. The fourth-order valence-electron chi connectivity index (χ4n) is 3.58. The molecular formula is C26H30N6O6. The van der Waals surface area contributed by atoms with Gasteiger partial charge in [-0.05, 0) is 43.7 Å². The molecule has 0 spiro atoms. The molecule has 12 nitrogen and oxygen atoms in total. The summed E-state index contributed by atoms with van der Waals surface area (Å²) in [6.07, 6.45) is 1.46. The minimum absolute atomic E-state index is 0.0250. The quantitative estimate of drug-likeness (QED) is 0.366. The van der Waals surface area contributed by atoms with Crippen LogP contribution in [0.5, 0.6) is 23.0 Å². The van der Waals surface area contributed by atoms with Crippen LogP contribution in [-0.2, 0) is 6.54 Å². The molecule has 200 valence electrons. The van der Waals surface area contributed by atoms with Crippen molar-refractivity contribution >= 4 is 11.8 Å². The van der Waals surface area contributed by atoms with Crippen molar-refractivity contribution in [2.45, 2.75) is 32.5 Å². The lowest BCUT2D eigenvalue weighted by atomic mass is 10.1. The van der Waals surface area contributed by atoms with Gasteiger partial charge in [-0.3, -0.25) is 9.59 Å². The van der Waals surface area contributed by atoms with Crippen LogP contribution in [0.2, 0.25) is 0 Å². The first kappa shape index (κ1) is 27.8. The molecule has 0 aliphatic heterocycles. The van der Waals surface area contributed by atoms with Gasteiger partial charge in [0, 0.05) is 6.54 Å². The number of benzene rings is 2. The van der Waals surface area contributed by atoms with Crippen molar-refractivity contribution in [1.82, 2.24) is 25.6 Å². The Hall–Kier alpha value is -4.79. The Bertz CT molecular complexity index is 1300. The van der Waals surface area contributed by atoms with Gasteiger partial charge in [0.05, 0.1) is 51.8 Å². The molecule has 0 saturated heterocycles. The monoisotopic (exact) mass is 522 g/mol. The summed E-state index contributed by atoms with van der Waals surface area (Å²) in [6.45, 7) is 4.29. The molecule has 1 heterocycles. The maximum atomic E-state index is 12.7. The second-order valence-corrected chi connectivity index (χ2v) is 8.28. The maximum Gasteiger partial charge on any atom is 0.274 e. The topological polar surface area (TPSA) is 150 Å². The number of rotatable bonds is 12. The summed E-state index contributed by atoms with van der Waals surface area (Å²) >= 11 is 0. The zero-order chi connectivity index (χ0) is 27.7. The number of nitriles is 1. The molecule has 38 heavy (non-hydrogen) atoms. The highest BCUT2D eigenvalue weighted by atomic mass is 16.5. The molecule has 2 amide bonds. The third kappa shape index (κ3) is 6.70. The number of carbonyl (C=O) groups excluding carboxylic acids is 2. The summed E-state index contributed by atoms with van der Waals surface area (Å²) in [5.74, 6) is 0.728. The van der Waals surface area contributed by atoms with Crippen molar-refractivity contribution in [3.63, 3.8) is 0 Å². The van der Waals surface area contributed by atoms with Crippen molar-refractivity contribution < 1.29 is 28.5 Å². The number of ether oxygens (including phenoxy) is 4. The van der Waals surface area contributed by atoms with Gasteiger partial charge in [0.25, 0.3) is 11.8 Å². The van der Waals surface area contributed by atoms with Crippen LogP contribution in [0, 0.1) is 11.3 Å². The Morgan fingerprint density at radius 1 is 1.00 bits per heavy atom. The molecular weight excluding hydrogens is 492 g/mol. The molecule has 0 bridgehead atoms.